The molecule has 108 valence electrons. The minimum atomic E-state index is 0.522. The Balaban J connectivity index is 2.07. The number of nitrogens with one attached hydrogen (secondary N) is 1. The quantitative estimate of drug-likeness (QED) is 0.622. The van der Waals surface area contributed by atoms with Gasteiger partial charge in [0, 0.05) is 17.2 Å². The minimum Gasteiger partial charge on any atom is -0.313 e. The molecule has 2 rings (SSSR count). The molecule has 0 saturated carbocycles. The molecule has 0 amide bonds. The zero-order valence-corrected chi connectivity index (χ0v) is 13.3. The van der Waals surface area contributed by atoms with Crippen LogP contribution in [0.15, 0.2) is 35.6 Å². The highest BCUT2D eigenvalue weighted by Crippen LogP contribution is 2.25. The first-order valence-corrected chi connectivity index (χ1v) is 8.26. The third-order valence-electron chi connectivity index (χ3n) is 3.37. The SMILES string of the molecule is CCCNC(CSc1ncnc2ccccc12)C(C)C. The van der Waals surface area contributed by atoms with Crippen LogP contribution in [-0.2, 0) is 0 Å². The fraction of sp³-hybridized carbons (Fsp3) is 0.500. The second-order valence-electron chi connectivity index (χ2n) is 5.31. The molecule has 3 nitrogen and oxygen atoms in total. The number of aromatic nitrogens is 2. The number of hydrogen-bond acceptors (Lipinski definition) is 4. The van der Waals surface area contributed by atoms with E-state index >= 15 is 0 Å². The average molecular weight is 289 g/mol. The maximum absolute atomic E-state index is 4.44. The molecule has 1 heterocycles. The molecule has 0 aliphatic carbocycles. The zero-order chi connectivity index (χ0) is 14.4. The molecule has 0 saturated heterocycles. The van der Waals surface area contributed by atoms with Gasteiger partial charge in [-0.15, -0.1) is 11.8 Å². The molecule has 1 aromatic carbocycles. The predicted octanol–water partition coefficient (Wildman–Crippen LogP) is 3.75. The van der Waals surface area contributed by atoms with Crippen LogP contribution in [-0.4, -0.2) is 28.3 Å². The van der Waals surface area contributed by atoms with Crippen molar-refractivity contribution in [3.05, 3.63) is 30.6 Å². The summed E-state index contributed by atoms with van der Waals surface area (Å²) < 4.78 is 0. The Morgan fingerprint density at radius 1 is 1.20 bits per heavy atom. The fourth-order valence-corrected chi connectivity index (χ4v) is 3.37. The normalized spacial score (nSPS) is 13.0. The molecule has 0 fully saturated rings. The third-order valence-corrected chi connectivity index (χ3v) is 4.49. The van der Waals surface area contributed by atoms with Crippen molar-refractivity contribution in [2.24, 2.45) is 5.92 Å². The predicted molar refractivity (Wildman–Crippen MR) is 87.2 cm³/mol. The van der Waals surface area contributed by atoms with Crippen LogP contribution < -0.4 is 5.32 Å². The van der Waals surface area contributed by atoms with E-state index in [0.717, 1.165) is 28.2 Å². The van der Waals surface area contributed by atoms with Gasteiger partial charge in [-0.3, -0.25) is 0 Å². The van der Waals surface area contributed by atoms with Crippen LogP contribution >= 0.6 is 11.8 Å². The molecule has 1 aromatic heterocycles. The van der Waals surface area contributed by atoms with Crippen LogP contribution in [0, 0.1) is 5.92 Å². The Labute approximate surface area is 125 Å². The molecule has 0 radical (unpaired) electrons. The van der Waals surface area contributed by atoms with Gasteiger partial charge in [0.2, 0.25) is 0 Å². The molecule has 4 heteroatoms. The topological polar surface area (TPSA) is 37.8 Å². The van der Waals surface area contributed by atoms with Crippen LogP contribution in [0.2, 0.25) is 0 Å². The molecular formula is C16H23N3S. The van der Waals surface area contributed by atoms with Crippen molar-refractivity contribution >= 4 is 22.7 Å². The summed E-state index contributed by atoms with van der Waals surface area (Å²) in [5, 5.41) is 5.86. The lowest BCUT2D eigenvalue weighted by Crippen LogP contribution is -2.36. The summed E-state index contributed by atoms with van der Waals surface area (Å²) in [5.74, 6) is 1.67. The Morgan fingerprint density at radius 2 is 2.00 bits per heavy atom. The monoisotopic (exact) mass is 289 g/mol. The Morgan fingerprint density at radius 3 is 2.75 bits per heavy atom. The molecule has 0 bridgehead atoms. The summed E-state index contributed by atoms with van der Waals surface area (Å²) in [4.78, 5) is 8.76. The maximum Gasteiger partial charge on any atom is 0.117 e. The summed E-state index contributed by atoms with van der Waals surface area (Å²) in [5.41, 5.74) is 1.02. The fourth-order valence-electron chi connectivity index (χ4n) is 2.08. The summed E-state index contributed by atoms with van der Waals surface area (Å²) >= 11 is 1.82. The van der Waals surface area contributed by atoms with E-state index in [9.17, 15) is 0 Å². The summed E-state index contributed by atoms with van der Waals surface area (Å²) in [7, 11) is 0. The van der Waals surface area contributed by atoms with Gasteiger partial charge >= 0.3 is 0 Å². The van der Waals surface area contributed by atoms with Crippen LogP contribution in [0.1, 0.15) is 27.2 Å². The highest BCUT2D eigenvalue weighted by molar-refractivity contribution is 7.99. The lowest BCUT2D eigenvalue weighted by atomic mass is 10.1. The van der Waals surface area contributed by atoms with Gasteiger partial charge in [0.15, 0.2) is 0 Å². The van der Waals surface area contributed by atoms with Crippen molar-refractivity contribution in [1.82, 2.24) is 15.3 Å². The van der Waals surface area contributed by atoms with Crippen LogP contribution in [0.4, 0.5) is 0 Å². The van der Waals surface area contributed by atoms with E-state index in [1.54, 1.807) is 6.33 Å². The van der Waals surface area contributed by atoms with Crippen molar-refractivity contribution in [3.63, 3.8) is 0 Å². The van der Waals surface area contributed by atoms with Crippen LogP contribution in [0.3, 0.4) is 0 Å². The van der Waals surface area contributed by atoms with E-state index in [1.807, 2.05) is 30.0 Å². The Kier molecular flexibility index (Phi) is 5.80. The van der Waals surface area contributed by atoms with Gasteiger partial charge < -0.3 is 5.32 Å². The molecule has 0 aliphatic heterocycles. The molecule has 20 heavy (non-hydrogen) atoms. The molecule has 1 unspecified atom stereocenters. The van der Waals surface area contributed by atoms with Crippen LogP contribution in [0.25, 0.3) is 10.9 Å². The van der Waals surface area contributed by atoms with E-state index in [0.29, 0.717) is 12.0 Å². The largest absolute Gasteiger partial charge is 0.313 e. The summed E-state index contributed by atoms with van der Waals surface area (Å²) in [6, 6.07) is 8.72. The molecular weight excluding hydrogens is 266 g/mol. The van der Waals surface area contributed by atoms with Crippen molar-refractivity contribution in [2.75, 3.05) is 12.3 Å². The molecule has 0 aliphatic rings. The number of benzene rings is 1. The highest BCUT2D eigenvalue weighted by Gasteiger charge is 2.14. The van der Waals surface area contributed by atoms with Crippen molar-refractivity contribution in [1.29, 1.82) is 0 Å². The van der Waals surface area contributed by atoms with Crippen LogP contribution in [0.5, 0.6) is 0 Å². The highest BCUT2D eigenvalue weighted by atomic mass is 32.2. The smallest absolute Gasteiger partial charge is 0.117 e. The van der Waals surface area contributed by atoms with Gasteiger partial charge in [-0.2, -0.15) is 0 Å². The lowest BCUT2D eigenvalue weighted by Gasteiger charge is -2.21. The van der Waals surface area contributed by atoms with E-state index in [2.05, 4.69) is 42.1 Å². The van der Waals surface area contributed by atoms with Crippen molar-refractivity contribution in [2.45, 2.75) is 38.3 Å². The summed E-state index contributed by atoms with van der Waals surface area (Å²) in [6.45, 7) is 7.82. The van der Waals surface area contributed by atoms with Gasteiger partial charge in [0.25, 0.3) is 0 Å². The standard InChI is InChI=1S/C16H23N3S/c1-4-9-17-15(12(2)3)10-20-16-13-7-5-6-8-14(13)18-11-19-16/h5-8,11-12,15,17H,4,9-10H2,1-3H3. The molecule has 2 aromatic rings. The minimum absolute atomic E-state index is 0.522. The molecule has 1 atom stereocenters. The van der Waals surface area contributed by atoms with Crippen molar-refractivity contribution < 1.29 is 0 Å². The first kappa shape index (κ1) is 15.3. The van der Waals surface area contributed by atoms with E-state index in [-0.39, 0.29) is 0 Å². The Hall–Kier alpha value is -1.13. The number of nitrogens with zero attached hydrogens (tertiary/aromatic N) is 2. The average Bonchev–Trinajstić information content (AvgIpc) is 2.47. The molecule has 1 N–H and O–H groups in total. The van der Waals surface area contributed by atoms with Crippen molar-refractivity contribution in [3.8, 4) is 0 Å². The number of rotatable bonds is 7. The number of para-hydroxylation sites is 1. The van der Waals surface area contributed by atoms with Gasteiger partial charge in [-0.25, -0.2) is 9.97 Å². The van der Waals surface area contributed by atoms with E-state index in [4.69, 9.17) is 0 Å². The zero-order valence-electron chi connectivity index (χ0n) is 12.5. The number of thioether (sulfide) groups is 1. The Bertz CT molecular complexity index is 537. The second kappa shape index (κ2) is 7.60. The first-order valence-electron chi connectivity index (χ1n) is 7.28. The van der Waals surface area contributed by atoms with Gasteiger partial charge in [-0.1, -0.05) is 39.0 Å². The molecule has 0 spiro atoms. The second-order valence-corrected chi connectivity index (χ2v) is 6.32. The number of hydrogen-bond donors (Lipinski definition) is 1. The first-order chi connectivity index (χ1) is 9.72. The van der Waals surface area contributed by atoms with E-state index in [1.165, 1.54) is 6.42 Å². The summed E-state index contributed by atoms with van der Waals surface area (Å²) in [6.07, 6.45) is 2.83. The van der Waals surface area contributed by atoms with Gasteiger partial charge in [0.05, 0.1) is 5.52 Å². The maximum atomic E-state index is 4.44. The van der Waals surface area contributed by atoms with Gasteiger partial charge in [0.1, 0.15) is 11.4 Å². The third kappa shape index (κ3) is 3.93. The van der Waals surface area contributed by atoms with Gasteiger partial charge in [-0.05, 0) is 24.9 Å². The lowest BCUT2D eigenvalue weighted by molar-refractivity contribution is 0.434. The van der Waals surface area contributed by atoms with E-state index < -0.39 is 0 Å². The number of fused-ring (bicyclic) bond motifs is 1.